The SMILES string of the molecule is CC/C=C\C/C=C\C/C=C\C/C=C\C/C=C\CCCCOCC(CO)OC(=O)CCCCCCCCCCCCCCCCCCCCCCCCCC. The number of esters is 1. The molecule has 0 heterocycles. The van der Waals surface area contributed by atoms with Crippen LogP contribution in [0.4, 0.5) is 0 Å². The topological polar surface area (TPSA) is 55.8 Å². The number of rotatable bonds is 43. The van der Waals surface area contributed by atoms with Crippen LogP contribution in [0.3, 0.4) is 0 Å². The van der Waals surface area contributed by atoms with E-state index in [2.05, 4.69) is 74.6 Å². The van der Waals surface area contributed by atoms with Gasteiger partial charge in [0.2, 0.25) is 0 Å². The molecule has 4 nitrogen and oxygen atoms in total. The molecule has 314 valence electrons. The number of aliphatic hydroxyl groups excluding tert-OH is 1. The van der Waals surface area contributed by atoms with Crippen molar-refractivity contribution in [1.29, 1.82) is 0 Å². The number of hydrogen-bond donors (Lipinski definition) is 1. The van der Waals surface area contributed by atoms with Crippen molar-refractivity contribution in [2.24, 2.45) is 0 Å². The quantitative estimate of drug-likeness (QED) is 0.0383. The van der Waals surface area contributed by atoms with Gasteiger partial charge in [-0.05, 0) is 57.8 Å². The third-order valence-electron chi connectivity index (χ3n) is 10.1. The standard InChI is InChI=1S/C50H90O4/c1-3-5-7-9-11-13-15-17-19-21-23-24-25-26-27-28-29-31-33-35-37-39-41-43-45-50(52)54-49(47-51)48-53-46-44-42-40-38-36-34-32-30-22-20-18-16-14-12-10-8-6-4-2/h6,8,12,14,18,20,30,32,36,38,49,51H,3-5,7,9-11,13,15-17,19,21-29,31,33-35,37,39-48H2,1-2H3/b8-6-,14-12-,20-18-,32-30-,38-36-. The van der Waals surface area contributed by atoms with Gasteiger partial charge in [-0.15, -0.1) is 0 Å². The number of allylic oxidation sites excluding steroid dienone is 10. The van der Waals surface area contributed by atoms with Gasteiger partial charge in [0.1, 0.15) is 6.10 Å². The fourth-order valence-electron chi connectivity index (χ4n) is 6.65. The number of aliphatic hydroxyl groups is 1. The second kappa shape index (κ2) is 47.2. The highest BCUT2D eigenvalue weighted by Gasteiger charge is 2.13. The molecule has 1 unspecified atom stereocenters. The Bertz CT molecular complexity index is 885. The van der Waals surface area contributed by atoms with Crippen molar-refractivity contribution < 1.29 is 19.4 Å². The highest BCUT2D eigenvalue weighted by Crippen LogP contribution is 2.16. The predicted molar refractivity (Wildman–Crippen MR) is 237 cm³/mol. The highest BCUT2D eigenvalue weighted by molar-refractivity contribution is 5.69. The number of carbonyl (C=O) groups excluding carboxylic acids is 1. The molecule has 4 heteroatoms. The van der Waals surface area contributed by atoms with Gasteiger partial charge < -0.3 is 14.6 Å². The lowest BCUT2D eigenvalue weighted by Crippen LogP contribution is -2.27. The molecular weight excluding hydrogens is 665 g/mol. The fraction of sp³-hybridized carbons (Fsp3) is 0.780. The molecule has 0 aromatic heterocycles. The van der Waals surface area contributed by atoms with E-state index in [1.165, 1.54) is 141 Å². The molecule has 0 rings (SSSR count). The zero-order valence-electron chi connectivity index (χ0n) is 36.0. The summed E-state index contributed by atoms with van der Waals surface area (Å²) in [6.07, 6.45) is 63.1. The third kappa shape index (κ3) is 44.5. The monoisotopic (exact) mass is 755 g/mol. The molecule has 0 radical (unpaired) electrons. The number of unbranched alkanes of at least 4 members (excludes halogenated alkanes) is 25. The van der Waals surface area contributed by atoms with Crippen LogP contribution in [0, 0.1) is 0 Å². The summed E-state index contributed by atoms with van der Waals surface area (Å²) in [4.78, 5) is 12.2. The van der Waals surface area contributed by atoms with Crippen LogP contribution < -0.4 is 0 Å². The van der Waals surface area contributed by atoms with E-state index in [0.717, 1.165) is 64.2 Å². The zero-order valence-corrected chi connectivity index (χ0v) is 36.0. The highest BCUT2D eigenvalue weighted by atomic mass is 16.6. The van der Waals surface area contributed by atoms with Gasteiger partial charge in [-0.1, -0.05) is 222 Å². The van der Waals surface area contributed by atoms with Gasteiger partial charge in [-0.2, -0.15) is 0 Å². The average molecular weight is 755 g/mol. The van der Waals surface area contributed by atoms with Crippen LogP contribution in [0.2, 0.25) is 0 Å². The van der Waals surface area contributed by atoms with E-state index in [1.807, 2.05) is 0 Å². The molecule has 1 atom stereocenters. The lowest BCUT2D eigenvalue weighted by molar-refractivity contribution is -0.154. The summed E-state index contributed by atoms with van der Waals surface area (Å²) >= 11 is 0. The maximum absolute atomic E-state index is 12.2. The number of carbonyl (C=O) groups is 1. The third-order valence-corrected chi connectivity index (χ3v) is 10.1. The largest absolute Gasteiger partial charge is 0.457 e. The molecule has 0 saturated heterocycles. The lowest BCUT2D eigenvalue weighted by Gasteiger charge is -2.15. The van der Waals surface area contributed by atoms with Crippen molar-refractivity contribution in [1.82, 2.24) is 0 Å². The number of hydrogen-bond acceptors (Lipinski definition) is 4. The Morgan fingerprint density at radius 2 is 0.833 bits per heavy atom. The van der Waals surface area contributed by atoms with Crippen LogP contribution in [-0.4, -0.2) is 37.0 Å². The normalized spacial score (nSPS) is 12.9. The van der Waals surface area contributed by atoms with Gasteiger partial charge in [0.05, 0.1) is 13.2 Å². The first-order valence-electron chi connectivity index (χ1n) is 23.4. The van der Waals surface area contributed by atoms with Gasteiger partial charge in [-0.25, -0.2) is 0 Å². The maximum Gasteiger partial charge on any atom is 0.306 e. The van der Waals surface area contributed by atoms with Crippen LogP contribution in [0.25, 0.3) is 0 Å². The summed E-state index contributed by atoms with van der Waals surface area (Å²) in [6, 6.07) is 0. The van der Waals surface area contributed by atoms with Gasteiger partial charge in [0, 0.05) is 13.0 Å². The van der Waals surface area contributed by atoms with Crippen molar-refractivity contribution >= 4 is 5.97 Å². The van der Waals surface area contributed by atoms with Crippen molar-refractivity contribution in [3.8, 4) is 0 Å². The Hall–Kier alpha value is -1.91. The Morgan fingerprint density at radius 1 is 0.463 bits per heavy atom. The molecule has 1 N–H and O–H groups in total. The minimum atomic E-state index is -0.558. The minimum absolute atomic E-state index is 0.189. The van der Waals surface area contributed by atoms with Crippen molar-refractivity contribution in [2.45, 2.75) is 232 Å². The Morgan fingerprint density at radius 3 is 1.22 bits per heavy atom. The first-order chi connectivity index (χ1) is 26.7. The molecule has 0 aliphatic carbocycles. The molecule has 0 spiro atoms. The molecular formula is C50H90O4. The molecule has 54 heavy (non-hydrogen) atoms. The Kier molecular flexibility index (Phi) is 45.6. The van der Waals surface area contributed by atoms with Gasteiger partial charge >= 0.3 is 5.97 Å². The van der Waals surface area contributed by atoms with Crippen LogP contribution in [0.5, 0.6) is 0 Å². The minimum Gasteiger partial charge on any atom is -0.457 e. The van der Waals surface area contributed by atoms with Gasteiger partial charge in [0.25, 0.3) is 0 Å². The first kappa shape index (κ1) is 52.1. The summed E-state index contributed by atoms with van der Waals surface area (Å²) in [6.45, 7) is 5.16. The average Bonchev–Trinajstić information content (AvgIpc) is 3.18. The van der Waals surface area contributed by atoms with E-state index in [-0.39, 0.29) is 19.2 Å². The molecule has 0 aromatic rings. The molecule has 0 saturated carbocycles. The predicted octanol–water partition coefficient (Wildman–Crippen LogP) is 15.6. The van der Waals surface area contributed by atoms with E-state index in [9.17, 15) is 9.90 Å². The molecule has 0 fully saturated rings. The van der Waals surface area contributed by atoms with E-state index >= 15 is 0 Å². The smallest absolute Gasteiger partial charge is 0.306 e. The zero-order chi connectivity index (χ0) is 39.1. The van der Waals surface area contributed by atoms with Gasteiger partial charge in [0.15, 0.2) is 0 Å². The van der Waals surface area contributed by atoms with Crippen molar-refractivity contribution in [3.63, 3.8) is 0 Å². The van der Waals surface area contributed by atoms with E-state index in [0.29, 0.717) is 13.0 Å². The maximum atomic E-state index is 12.2. The first-order valence-corrected chi connectivity index (χ1v) is 23.4. The summed E-state index contributed by atoms with van der Waals surface area (Å²) in [5, 5.41) is 9.61. The number of ether oxygens (including phenoxy) is 2. The molecule has 0 aliphatic heterocycles. The molecule has 0 bridgehead atoms. The Labute approximate surface area is 336 Å². The second-order valence-electron chi connectivity index (χ2n) is 15.5. The van der Waals surface area contributed by atoms with Crippen molar-refractivity contribution in [3.05, 3.63) is 60.8 Å². The molecule has 0 aliphatic rings. The fourth-order valence-corrected chi connectivity index (χ4v) is 6.65. The second-order valence-corrected chi connectivity index (χ2v) is 15.5. The van der Waals surface area contributed by atoms with Crippen LogP contribution >= 0.6 is 0 Å². The molecule has 0 amide bonds. The summed E-state index contributed by atoms with van der Waals surface area (Å²) in [5.74, 6) is -0.213. The molecule has 0 aromatic carbocycles. The van der Waals surface area contributed by atoms with E-state index in [1.54, 1.807) is 0 Å². The summed E-state index contributed by atoms with van der Waals surface area (Å²) in [5.41, 5.74) is 0. The van der Waals surface area contributed by atoms with Crippen LogP contribution in [0.1, 0.15) is 226 Å². The van der Waals surface area contributed by atoms with Crippen LogP contribution in [-0.2, 0) is 14.3 Å². The van der Waals surface area contributed by atoms with Crippen molar-refractivity contribution in [2.75, 3.05) is 19.8 Å². The van der Waals surface area contributed by atoms with Crippen LogP contribution in [0.15, 0.2) is 60.8 Å². The van der Waals surface area contributed by atoms with Gasteiger partial charge in [-0.3, -0.25) is 4.79 Å². The van der Waals surface area contributed by atoms with E-state index in [4.69, 9.17) is 9.47 Å². The summed E-state index contributed by atoms with van der Waals surface area (Å²) in [7, 11) is 0. The van der Waals surface area contributed by atoms with E-state index < -0.39 is 6.10 Å². The Balaban J connectivity index is 3.45. The lowest BCUT2D eigenvalue weighted by atomic mass is 10.0. The summed E-state index contributed by atoms with van der Waals surface area (Å²) < 4.78 is 11.1.